The van der Waals surface area contributed by atoms with Gasteiger partial charge in [-0.15, -0.1) is 0 Å². The zero-order valence-corrected chi connectivity index (χ0v) is 13.3. The molecule has 2 rings (SSSR count). The van der Waals surface area contributed by atoms with Crippen LogP contribution in [0.2, 0.25) is 0 Å². The number of anilines is 1. The fraction of sp³-hybridized carbons (Fsp3) is 0.429. The Kier molecular flexibility index (Phi) is 3.94. The summed E-state index contributed by atoms with van der Waals surface area (Å²) < 4.78 is 2.70. The normalized spacial score (nSPS) is 11.6. The predicted octanol–water partition coefficient (Wildman–Crippen LogP) is 3.49. The van der Waals surface area contributed by atoms with E-state index in [1.54, 1.807) is 6.20 Å². The first-order valence-corrected chi connectivity index (χ1v) is 7.04. The first kappa shape index (κ1) is 14.1. The van der Waals surface area contributed by atoms with Gasteiger partial charge in [-0.05, 0) is 28.1 Å². The van der Waals surface area contributed by atoms with Gasteiger partial charge in [-0.2, -0.15) is 5.10 Å². The number of rotatable bonds is 3. The Labute approximate surface area is 122 Å². The van der Waals surface area contributed by atoms with E-state index in [-0.39, 0.29) is 5.41 Å². The van der Waals surface area contributed by atoms with Crippen LogP contribution < -0.4 is 5.32 Å². The molecule has 0 saturated heterocycles. The standard InChI is InChI=1S/C14H19BrN4/c1-14(2,3)12-10(9-19(4)18-12)8-17-11-6-5-7-16-13(11)15/h5-7,9,17H,8H2,1-4H3. The molecule has 0 radical (unpaired) electrons. The summed E-state index contributed by atoms with van der Waals surface area (Å²) in [5.74, 6) is 0. The van der Waals surface area contributed by atoms with Crippen LogP contribution in [0, 0.1) is 0 Å². The van der Waals surface area contributed by atoms with Crippen molar-refractivity contribution in [3.05, 3.63) is 40.4 Å². The molecular weight excluding hydrogens is 304 g/mol. The van der Waals surface area contributed by atoms with Crippen molar-refractivity contribution < 1.29 is 0 Å². The van der Waals surface area contributed by atoms with E-state index >= 15 is 0 Å². The van der Waals surface area contributed by atoms with E-state index in [9.17, 15) is 0 Å². The summed E-state index contributed by atoms with van der Waals surface area (Å²) in [6.07, 6.45) is 3.83. The van der Waals surface area contributed by atoms with Gasteiger partial charge in [0, 0.05) is 37.0 Å². The van der Waals surface area contributed by atoms with Gasteiger partial charge in [0.2, 0.25) is 0 Å². The topological polar surface area (TPSA) is 42.7 Å². The first-order valence-electron chi connectivity index (χ1n) is 6.25. The number of aromatic nitrogens is 3. The lowest BCUT2D eigenvalue weighted by Crippen LogP contribution is -2.16. The number of nitrogens with zero attached hydrogens (tertiary/aromatic N) is 3. The minimum atomic E-state index is 0.0461. The van der Waals surface area contributed by atoms with Crippen molar-refractivity contribution in [2.24, 2.45) is 7.05 Å². The van der Waals surface area contributed by atoms with Crippen LogP contribution in [0.5, 0.6) is 0 Å². The number of hydrogen-bond donors (Lipinski definition) is 1. The number of aryl methyl sites for hydroxylation is 1. The molecule has 0 bridgehead atoms. The van der Waals surface area contributed by atoms with Gasteiger partial charge in [-0.1, -0.05) is 20.8 Å². The highest BCUT2D eigenvalue weighted by atomic mass is 79.9. The fourth-order valence-corrected chi connectivity index (χ4v) is 2.40. The summed E-state index contributed by atoms with van der Waals surface area (Å²) in [7, 11) is 1.96. The summed E-state index contributed by atoms with van der Waals surface area (Å²) in [4.78, 5) is 4.20. The third-order valence-corrected chi connectivity index (χ3v) is 3.48. The zero-order chi connectivity index (χ0) is 14.0. The second-order valence-corrected chi connectivity index (χ2v) is 6.37. The molecule has 0 aliphatic heterocycles. The van der Waals surface area contributed by atoms with Gasteiger partial charge < -0.3 is 5.32 Å². The van der Waals surface area contributed by atoms with E-state index in [2.05, 4.69) is 58.3 Å². The lowest BCUT2D eigenvalue weighted by Gasteiger charge is -2.18. The second-order valence-electron chi connectivity index (χ2n) is 5.62. The second kappa shape index (κ2) is 5.33. The van der Waals surface area contributed by atoms with Gasteiger partial charge in [-0.3, -0.25) is 4.68 Å². The van der Waals surface area contributed by atoms with E-state index in [4.69, 9.17) is 0 Å². The highest BCUT2D eigenvalue weighted by Crippen LogP contribution is 2.25. The molecule has 2 heterocycles. The SMILES string of the molecule is Cn1cc(CNc2cccnc2Br)c(C(C)(C)C)n1. The minimum Gasteiger partial charge on any atom is -0.379 e. The summed E-state index contributed by atoms with van der Waals surface area (Å²) in [6.45, 7) is 7.28. The van der Waals surface area contributed by atoms with Crippen molar-refractivity contribution in [2.45, 2.75) is 32.7 Å². The van der Waals surface area contributed by atoms with Gasteiger partial charge in [0.15, 0.2) is 0 Å². The van der Waals surface area contributed by atoms with E-state index < -0.39 is 0 Å². The van der Waals surface area contributed by atoms with Crippen molar-refractivity contribution in [2.75, 3.05) is 5.32 Å². The Balaban J connectivity index is 2.19. The molecule has 0 aliphatic rings. The molecule has 4 nitrogen and oxygen atoms in total. The van der Waals surface area contributed by atoms with Crippen LogP contribution in [0.15, 0.2) is 29.1 Å². The van der Waals surface area contributed by atoms with Crippen LogP contribution in [0.4, 0.5) is 5.69 Å². The van der Waals surface area contributed by atoms with Gasteiger partial charge in [0.05, 0.1) is 11.4 Å². The monoisotopic (exact) mass is 322 g/mol. The maximum absolute atomic E-state index is 4.57. The summed E-state index contributed by atoms with van der Waals surface area (Å²) in [5, 5.41) is 7.96. The first-order chi connectivity index (χ1) is 8.88. The van der Waals surface area contributed by atoms with Gasteiger partial charge >= 0.3 is 0 Å². The lowest BCUT2D eigenvalue weighted by atomic mass is 9.89. The summed E-state index contributed by atoms with van der Waals surface area (Å²) in [6, 6.07) is 3.92. The van der Waals surface area contributed by atoms with Crippen molar-refractivity contribution in [1.82, 2.24) is 14.8 Å². The molecule has 0 amide bonds. The molecule has 0 fully saturated rings. The third kappa shape index (κ3) is 3.35. The van der Waals surface area contributed by atoms with Gasteiger partial charge in [0.1, 0.15) is 4.60 Å². The molecule has 0 atom stereocenters. The largest absolute Gasteiger partial charge is 0.379 e. The molecule has 0 spiro atoms. The minimum absolute atomic E-state index is 0.0461. The Morgan fingerprint density at radius 1 is 1.37 bits per heavy atom. The number of hydrogen-bond acceptors (Lipinski definition) is 3. The Bertz CT molecular complexity index is 569. The van der Waals surface area contributed by atoms with Crippen LogP contribution in [0.1, 0.15) is 32.0 Å². The number of pyridine rings is 1. The van der Waals surface area contributed by atoms with Gasteiger partial charge in [-0.25, -0.2) is 4.98 Å². The summed E-state index contributed by atoms with van der Waals surface area (Å²) in [5.41, 5.74) is 3.38. The third-order valence-electron chi connectivity index (χ3n) is 2.84. The maximum atomic E-state index is 4.57. The molecule has 19 heavy (non-hydrogen) atoms. The van der Waals surface area contributed by atoms with E-state index in [0.29, 0.717) is 0 Å². The van der Waals surface area contributed by atoms with Crippen molar-refractivity contribution in [3.8, 4) is 0 Å². The zero-order valence-electron chi connectivity index (χ0n) is 11.7. The van der Waals surface area contributed by atoms with E-state index in [1.807, 2.05) is 23.9 Å². The smallest absolute Gasteiger partial charge is 0.129 e. The molecule has 0 aliphatic carbocycles. The average molecular weight is 323 g/mol. The van der Waals surface area contributed by atoms with Crippen LogP contribution in [-0.4, -0.2) is 14.8 Å². The Hall–Kier alpha value is -1.36. The van der Waals surface area contributed by atoms with Crippen molar-refractivity contribution >= 4 is 21.6 Å². The van der Waals surface area contributed by atoms with Gasteiger partial charge in [0.25, 0.3) is 0 Å². The molecule has 102 valence electrons. The number of halogens is 1. The molecule has 2 aromatic rings. The van der Waals surface area contributed by atoms with Crippen molar-refractivity contribution in [3.63, 3.8) is 0 Å². The van der Waals surface area contributed by atoms with Crippen LogP contribution >= 0.6 is 15.9 Å². The quantitative estimate of drug-likeness (QED) is 0.879. The summed E-state index contributed by atoms with van der Waals surface area (Å²) >= 11 is 3.44. The number of nitrogens with one attached hydrogen (secondary N) is 1. The molecule has 0 aromatic carbocycles. The lowest BCUT2D eigenvalue weighted by molar-refractivity contribution is 0.549. The highest BCUT2D eigenvalue weighted by molar-refractivity contribution is 9.10. The fourth-order valence-electron chi connectivity index (χ4n) is 2.01. The molecular formula is C14H19BrN4. The van der Waals surface area contributed by atoms with Crippen LogP contribution in [0.3, 0.4) is 0 Å². The molecule has 0 saturated carbocycles. The highest BCUT2D eigenvalue weighted by Gasteiger charge is 2.21. The molecule has 0 unspecified atom stereocenters. The Morgan fingerprint density at radius 3 is 2.74 bits per heavy atom. The molecule has 5 heteroatoms. The average Bonchev–Trinajstić information content (AvgIpc) is 2.69. The Morgan fingerprint density at radius 2 is 2.11 bits per heavy atom. The van der Waals surface area contributed by atoms with Crippen LogP contribution in [-0.2, 0) is 19.0 Å². The van der Waals surface area contributed by atoms with Crippen molar-refractivity contribution in [1.29, 1.82) is 0 Å². The molecule has 2 aromatic heterocycles. The molecule has 1 N–H and O–H groups in total. The maximum Gasteiger partial charge on any atom is 0.129 e. The predicted molar refractivity (Wildman–Crippen MR) is 81.2 cm³/mol. The van der Waals surface area contributed by atoms with E-state index in [0.717, 1.165) is 22.5 Å². The van der Waals surface area contributed by atoms with Crippen LogP contribution in [0.25, 0.3) is 0 Å². The van der Waals surface area contributed by atoms with E-state index in [1.165, 1.54) is 5.56 Å².